The highest BCUT2D eigenvalue weighted by Gasteiger charge is 2.48. The molecule has 2 aromatic rings. The number of halogens is 2. The van der Waals surface area contributed by atoms with E-state index in [2.05, 4.69) is 5.32 Å². The maximum atomic E-state index is 13.9. The number of amidine groups is 1. The van der Waals surface area contributed by atoms with Crippen LogP contribution in [0.5, 0.6) is 0 Å². The molecule has 1 unspecified atom stereocenters. The first-order chi connectivity index (χ1) is 19.1. The molecule has 10 heteroatoms. The van der Waals surface area contributed by atoms with Gasteiger partial charge in [0, 0.05) is 36.2 Å². The van der Waals surface area contributed by atoms with Crippen molar-refractivity contribution in [2.75, 3.05) is 26.3 Å². The largest absolute Gasteiger partial charge is 0.384 e. The number of nitrogens with two attached hydrogens (primary N) is 1. The molecule has 8 nitrogen and oxygen atoms in total. The van der Waals surface area contributed by atoms with Gasteiger partial charge in [-0.2, -0.15) is 0 Å². The van der Waals surface area contributed by atoms with Crippen molar-refractivity contribution >= 4 is 18.2 Å². The first-order valence-electron chi connectivity index (χ1n) is 13.0. The van der Waals surface area contributed by atoms with Crippen molar-refractivity contribution in [1.82, 2.24) is 10.2 Å². The van der Waals surface area contributed by atoms with Gasteiger partial charge >= 0.3 is 0 Å². The lowest BCUT2D eigenvalue weighted by Crippen LogP contribution is -2.38. The summed E-state index contributed by atoms with van der Waals surface area (Å²) in [5.74, 6) is -1.80. The topological polar surface area (TPSA) is 118 Å². The third-order valence-corrected chi connectivity index (χ3v) is 6.72. The molecule has 40 heavy (non-hydrogen) atoms. The van der Waals surface area contributed by atoms with Crippen LogP contribution in [0.2, 0.25) is 0 Å². The Morgan fingerprint density at radius 2 is 1.88 bits per heavy atom. The fourth-order valence-electron chi connectivity index (χ4n) is 4.72. The van der Waals surface area contributed by atoms with E-state index in [1.807, 2.05) is 20.8 Å². The fourth-order valence-corrected chi connectivity index (χ4v) is 4.72. The van der Waals surface area contributed by atoms with Crippen LogP contribution < -0.4 is 11.1 Å². The number of ether oxygens (including phenoxy) is 2. The minimum atomic E-state index is -0.640. The Hall–Kier alpha value is -3.89. The quantitative estimate of drug-likeness (QED) is 0.197. The molecule has 0 bridgehead atoms. The van der Waals surface area contributed by atoms with Crippen LogP contribution in [0.1, 0.15) is 32.8 Å². The van der Waals surface area contributed by atoms with Gasteiger partial charge in [0.15, 0.2) is 5.79 Å². The minimum Gasteiger partial charge on any atom is -0.384 e. The van der Waals surface area contributed by atoms with Crippen LogP contribution in [0.3, 0.4) is 0 Å². The van der Waals surface area contributed by atoms with Gasteiger partial charge in [-0.1, -0.05) is 42.0 Å². The number of rotatable bonds is 8. The number of allylic oxidation sites excluding steroid dienone is 1. The number of carbonyl (C=O) groups is 2. The lowest BCUT2D eigenvalue weighted by atomic mass is 10.0. The molecule has 214 valence electrons. The summed E-state index contributed by atoms with van der Waals surface area (Å²) in [4.78, 5) is 24.5. The van der Waals surface area contributed by atoms with Gasteiger partial charge in [-0.15, -0.1) is 0 Å². The van der Waals surface area contributed by atoms with E-state index in [4.69, 9.17) is 20.6 Å². The summed E-state index contributed by atoms with van der Waals surface area (Å²) in [7, 11) is 0. The molecular weight excluding hydrogens is 518 g/mol. The molecule has 0 aliphatic carbocycles. The summed E-state index contributed by atoms with van der Waals surface area (Å²) in [6.07, 6.45) is 5.11. The highest BCUT2D eigenvalue weighted by atomic mass is 19.1. The lowest BCUT2D eigenvalue weighted by Gasteiger charge is -2.23. The van der Waals surface area contributed by atoms with E-state index in [0.717, 1.165) is 17.2 Å². The van der Waals surface area contributed by atoms with E-state index in [-0.39, 0.29) is 24.2 Å². The number of likely N-dealkylation sites (tertiary alicyclic amines) is 1. The number of nitrogens with zero attached hydrogens (tertiary/aromatic N) is 1. The summed E-state index contributed by atoms with van der Waals surface area (Å²) in [5.41, 5.74) is 8.75. The van der Waals surface area contributed by atoms with Gasteiger partial charge < -0.3 is 25.4 Å². The van der Waals surface area contributed by atoms with E-state index in [0.29, 0.717) is 55.8 Å². The second-order valence-corrected chi connectivity index (χ2v) is 9.83. The molecule has 4 rings (SSSR count). The van der Waals surface area contributed by atoms with Crippen LogP contribution in [0.15, 0.2) is 65.8 Å². The van der Waals surface area contributed by atoms with Crippen molar-refractivity contribution in [3.8, 4) is 11.1 Å². The Labute approximate surface area is 233 Å². The zero-order valence-electron chi connectivity index (χ0n) is 23.0. The van der Waals surface area contributed by atoms with E-state index < -0.39 is 17.4 Å². The average Bonchev–Trinajstić information content (AvgIpc) is 3.52. The number of hydrogen-bond donors (Lipinski definition) is 3. The molecule has 2 heterocycles. The first-order valence-corrected chi connectivity index (χ1v) is 13.0. The van der Waals surface area contributed by atoms with E-state index in [1.165, 1.54) is 12.1 Å². The summed E-state index contributed by atoms with van der Waals surface area (Å²) in [6, 6.07) is 10.7. The van der Waals surface area contributed by atoms with Crippen LogP contribution >= 0.6 is 0 Å². The summed E-state index contributed by atoms with van der Waals surface area (Å²) in [5, 5.41) is 9.73. The Kier molecular flexibility index (Phi) is 10.7. The van der Waals surface area contributed by atoms with Crippen molar-refractivity contribution < 1.29 is 27.8 Å². The molecule has 0 aromatic heterocycles. The minimum absolute atomic E-state index is 0.0131. The first kappa shape index (κ1) is 30.6. The summed E-state index contributed by atoms with van der Waals surface area (Å²) >= 11 is 0. The molecule has 2 saturated heterocycles. The molecule has 2 amide bonds. The number of benzene rings is 2. The normalized spacial score (nSPS) is 18.3. The molecule has 0 saturated carbocycles. The Morgan fingerprint density at radius 1 is 1.20 bits per heavy atom. The van der Waals surface area contributed by atoms with E-state index in [9.17, 15) is 18.4 Å². The highest BCUT2D eigenvalue weighted by Crippen LogP contribution is 2.35. The number of nitrogens with one attached hydrogen (secondary N) is 2. The van der Waals surface area contributed by atoms with E-state index >= 15 is 0 Å². The van der Waals surface area contributed by atoms with Gasteiger partial charge in [0.05, 0.1) is 26.2 Å². The molecule has 2 aliphatic heterocycles. The zero-order chi connectivity index (χ0) is 29.3. The predicted molar refractivity (Wildman–Crippen MR) is 149 cm³/mol. The fraction of sp³-hybridized carbons (Fsp3) is 0.367. The van der Waals surface area contributed by atoms with Crippen LogP contribution in [0.25, 0.3) is 11.1 Å². The van der Waals surface area contributed by atoms with Crippen molar-refractivity contribution in [1.29, 1.82) is 5.41 Å². The Bertz CT molecular complexity index is 1270. The number of amides is 2. The van der Waals surface area contributed by atoms with Crippen molar-refractivity contribution in [2.45, 2.75) is 45.4 Å². The molecule has 1 spiro atoms. The standard InChI is InChI=1S/C21H21F2NO3.C9H15N3O/c1-14-12-21(26-8-9-27-21)13-24(14)20(25)10-15-2-4-16(5-3-15)18-7-6-17(22)11-19(18)23;1-3-8(9(10)11)4-7(2)5-12-6-13/h2-7,11,14H,8-10,12-13H2,1H3;3-4,6H,5H2,1-2H3,(H3,10,11)(H,12,13)/b;7-4+,8-3+. The second kappa shape index (κ2) is 14.0. The van der Waals surface area contributed by atoms with Crippen molar-refractivity contribution in [3.05, 3.63) is 83.0 Å². The van der Waals surface area contributed by atoms with Crippen LogP contribution in [-0.2, 0) is 25.5 Å². The zero-order valence-corrected chi connectivity index (χ0v) is 23.0. The van der Waals surface area contributed by atoms with Crippen LogP contribution in [0.4, 0.5) is 8.78 Å². The van der Waals surface area contributed by atoms with Gasteiger partial charge in [-0.3, -0.25) is 15.0 Å². The van der Waals surface area contributed by atoms with Gasteiger partial charge in [-0.05, 0) is 44.0 Å². The van der Waals surface area contributed by atoms with Crippen molar-refractivity contribution in [3.63, 3.8) is 0 Å². The van der Waals surface area contributed by atoms with Crippen LogP contribution in [-0.4, -0.2) is 61.2 Å². The second-order valence-electron chi connectivity index (χ2n) is 9.83. The third kappa shape index (κ3) is 8.06. The number of carbonyl (C=O) groups excluding carboxylic acids is 2. The monoisotopic (exact) mass is 554 g/mol. The van der Waals surface area contributed by atoms with Gasteiger partial charge in [0.2, 0.25) is 12.3 Å². The summed E-state index contributed by atoms with van der Waals surface area (Å²) in [6.45, 7) is 7.74. The van der Waals surface area contributed by atoms with Crippen LogP contribution in [0, 0.1) is 17.0 Å². The predicted octanol–water partition coefficient (Wildman–Crippen LogP) is 4.10. The Balaban J connectivity index is 0.000000289. The van der Waals surface area contributed by atoms with Gasteiger partial charge in [0.25, 0.3) is 0 Å². The molecule has 2 aliphatic rings. The number of hydrogen-bond acceptors (Lipinski definition) is 5. The smallest absolute Gasteiger partial charge is 0.227 e. The molecular formula is C30H36F2N4O4. The molecule has 1 atom stereocenters. The third-order valence-electron chi connectivity index (χ3n) is 6.72. The molecule has 2 fully saturated rings. The maximum Gasteiger partial charge on any atom is 0.227 e. The van der Waals surface area contributed by atoms with Gasteiger partial charge in [0.1, 0.15) is 17.5 Å². The van der Waals surface area contributed by atoms with Crippen molar-refractivity contribution in [2.24, 2.45) is 5.73 Å². The SMILES string of the molecule is C/C=C(\C=C(/C)CNC=O)C(=N)N.CC1CC2(CN1C(=O)Cc1ccc(-c3ccc(F)cc3F)cc1)OCCO2. The maximum absolute atomic E-state index is 13.9. The summed E-state index contributed by atoms with van der Waals surface area (Å²) < 4.78 is 38.4. The average molecular weight is 555 g/mol. The molecule has 2 aromatic carbocycles. The van der Waals surface area contributed by atoms with E-state index in [1.54, 1.807) is 41.3 Å². The molecule has 4 N–H and O–H groups in total. The van der Waals surface area contributed by atoms with Gasteiger partial charge in [-0.25, -0.2) is 8.78 Å². The highest BCUT2D eigenvalue weighted by molar-refractivity contribution is 5.97. The molecule has 0 radical (unpaired) electrons. The Morgan fingerprint density at radius 3 is 2.45 bits per heavy atom. The lowest BCUT2D eigenvalue weighted by molar-refractivity contribution is -0.152.